The van der Waals surface area contributed by atoms with Gasteiger partial charge in [-0.3, -0.25) is 4.90 Å². The van der Waals surface area contributed by atoms with Crippen LogP contribution in [0.4, 0.5) is 9.59 Å². The topological polar surface area (TPSA) is 67.3 Å². The lowest BCUT2D eigenvalue weighted by Crippen LogP contribution is -2.62. The lowest BCUT2D eigenvalue weighted by atomic mass is 9.54. The van der Waals surface area contributed by atoms with Crippen LogP contribution in [0.25, 0.3) is 0 Å². The minimum Gasteiger partial charge on any atom is -0.465 e. The average molecular weight is 381 g/mol. The van der Waals surface area contributed by atoms with E-state index in [1.54, 1.807) is 9.80 Å². The van der Waals surface area contributed by atoms with E-state index in [-0.39, 0.29) is 11.4 Å². The molecule has 2 saturated heterocycles. The fourth-order valence-electron chi connectivity index (χ4n) is 5.91. The van der Waals surface area contributed by atoms with Crippen molar-refractivity contribution in [2.24, 2.45) is 11.3 Å². The molecule has 7 nitrogen and oxygen atoms in total. The molecule has 2 aliphatic heterocycles. The predicted molar refractivity (Wildman–Crippen MR) is 105 cm³/mol. The zero-order valence-corrected chi connectivity index (χ0v) is 17.4. The number of hydrogen-bond acceptors (Lipinski definition) is 3. The van der Waals surface area contributed by atoms with Crippen molar-refractivity contribution in [2.45, 2.75) is 58.0 Å². The summed E-state index contributed by atoms with van der Waals surface area (Å²) in [7, 11) is 3.64. The molecule has 3 unspecified atom stereocenters. The van der Waals surface area contributed by atoms with Crippen LogP contribution in [0.5, 0.6) is 0 Å². The highest BCUT2D eigenvalue weighted by atomic mass is 16.4. The number of piperidine rings is 1. The first-order valence-electron chi connectivity index (χ1n) is 10.5. The molecule has 3 atom stereocenters. The number of amides is 3. The van der Waals surface area contributed by atoms with Crippen molar-refractivity contribution in [1.29, 1.82) is 0 Å². The Hall–Kier alpha value is -1.50. The van der Waals surface area contributed by atoms with E-state index in [1.807, 2.05) is 19.0 Å². The highest BCUT2D eigenvalue weighted by Gasteiger charge is 2.58. The van der Waals surface area contributed by atoms with E-state index in [0.29, 0.717) is 24.5 Å². The average Bonchev–Trinajstić information content (AvgIpc) is 3.09. The van der Waals surface area contributed by atoms with Gasteiger partial charge >= 0.3 is 12.1 Å². The van der Waals surface area contributed by atoms with Crippen molar-refractivity contribution in [3.63, 3.8) is 0 Å². The Kier molecular flexibility index (Phi) is 5.89. The largest absolute Gasteiger partial charge is 0.465 e. The van der Waals surface area contributed by atoms with Crippen molar-refractivity contribution in [3.05, 3.63) is 0 Å². The van der Waals surface area contributed by atoms with Crippen molar-refractivity contribution in [2.75, 3.05) is 46.8 Å². The second-order valence-electron chi connectivity index (χ2n) is 8.83. The van der Waals surface area contributed by atoms with Crippen LogP contribution >= 0.6 is 0 Å². The molecule has 0 aromatic heterocycles. The lowest BCUT2D eigenvalue weighted by molar-refractivity contribution is -0.0810. The molecule has 7 heteroatoms. The summed E-state index contributed by atoms with van der Waals surface area (Å²) >= 11 is 0. The molecule has 3 fully saturated rings. The summed E-state index contributed by atoms with van der Waals surface area (Å²) < 4.78 is 0. The third-order valence-electron chi connectivity index (χ3n) is 7.34. The maximum absolute atomic E-state index is 12.4. The molecule has 0 bridgehead atoms. The summed E-state index contributed by atoms with van der Waals surface area (Å²) in [5, 5.41) is 9.31. The lowest BCUT2D eigenvalue weighted by Gasteiger charge is -2.58. The molecule has 0 aromatic carbocycles. The third kappa shape index (κ3) is 3.62. The van der Waals surface area contributed by atoms with Crippen LogP contribution in [0.2, 0.25) is 0 Å². The number of nitrogens with zero attached hydrogens (tertiary/aromatic N) is 4. The molecule has 27 heavy (non-hydrogen) atoms. The van der Waals surface area contributed by atoms with Gasteiger partial charge in [0.25, 0.3) is 0 Å². The van der Waals surface area contributed by atoms with Gasteiger partial charge in [0.15, 0.2) is 0 Å². The van der Waals surface area contributed by atoms with Gasteiger partial charge in [-0.25, -0.2) is 9.59 Å². The first-order chi connectivity index (χ1) is 12.8. The molecule has 0 radical (unpaired) electrons. The Morgan fingerprint density at radius 1 is 1.15 bits per heavy atom. The normalized spacial score (nSPS) is 31.8. The molecule has 1 aliphatic carbocycles. The summed E-state index contributed by atoms with van der Waals surface area (Å²) in [4.78, 5) is 31.6. The number of carbonyl (C=O) groups excluding carboxylic acids is 1. The van der Waals surface area contributed by atoms with Crippen LogP contribution in [0.1, 0.15) is 46.0 Å². The summed E-state index contributed by atoms with van der Waals surface area (Å²) in [5.41, 5.74) is 0.213. The van der Waals surface area contributed by atoms with Crippen LogP contribution in [0, 0.1) is 11.3 Å². The molecule has 2 heterocycles. The van der Waals surface area contributed by atoms with Crippen LogP contribution in [-0.2, 0) is 0 Å². The Labute approximate surface area is 163 Å². The number of urea groups is 1. The van der Waals surface area contributed by atoms with Gasteiger partial charge in [-0.2, -0.15) is 0 Å². The van der Waals surface area contributed by atoms with Gasteiger partial charge < -0.3 is 19.8 Å². The van der Waals surface area contributed by atoms with Crippen LogP contribution in [-0.4, -0.2) is 95.7 Å². The number of hydrogen-bond donors (Lipinski definition) is 1. The first-order valence-corrected chi connectivity index (χ1v) is 10.5. The molecule has 3 aliphatic rings. The molecule has 0 aromatic rings. The fourth-order valence-corrected chi connectivity index (χ4v) is 5.91. The van der Waals surface area contributed by atoms with Gasteiger partial charge in [-0.05, 0) is 43.9 Å². The van der Waals surface area contributed by atoms with E-state index < -0.39 is 6.09 Å². The maximum Gasteiger partial charge on any atom is 0.407 e. The first kappa shape index (κ1) is 20.2. The number of rotatable bonds is 4. The molecule has 1 N–H and O–H groups in total. The van der Waals surface area contributed by atoms with E-state index >= 15 is 0 Å². The number of carboxylic acid groups (broad SMARTS) is 1. The van der Waals surface area contributed by atoms with E-state index in [0.717, 1.165) is 58.3 Å². The van der Waals surface area contributed by atoms with Crippen molar-refractivity contribution in [3.8, 4) is 0 Å². The Balaban J connectivity index is 1.56. The molecule has 1 spiro atoms. The Bertz CT molecular complexity index is 561. The molecular weight excluding hydrogens is 344 g/mol. The van der Waals surface area contributed by atoms with Gasteiger partial charge in [0.05, 0.1) is 0 Å². The van der Waals surface area contributed by atoms with Gasteiger partial charge in [0.1, 0.15) is 0 Å². The second-order valence-corrected chi connectivity index (χ2v) is 8.83. The molecule has 1 saturated carbocycles. The van der Waals surface area contributed by atoms with E-state index in [4.69, 9.17) is 0 Å². The smallest absolute Gasteiger partial charge is 0.407 e. The van der Waals surface area contributed by atoms with Crippen molar-refractivity contribution >= 4 is 12.1 Å². The fraction of sp³-hybridized carbons (Fsp3) is 0.900. The summed E-state index contributed by atoms with van der Waals surface area (Å²) in [5.74, 6) is 0.601. The van der Waals surface area contributed by atoms with Gasteiger partial charge in [0, 0.05) is 58.9 Å². The second kappa shape index (κ2) is 7.86. The van der Waals surface area contributed by atoms with Gasteiger partial charge in [-0.1, -0.05) is 13.3 Å². The van der Waals surface area contributed by atoms with Crippen LogP contribution in [0.3, 0.4) is 0 Å². The third-order valence-corrected chi connectivity index (χ3v) is 7.34. The van der Waals surface area contributed by atoms with Crippen molar-refractivity contribution < 1.29 is 14.7 Å². The maximum atomic E-state index is 12.4. The quantitative estimate of drug-likeness (QED) is 0.814. The zero-order valence-electron chi connectivity index (χ0n) is 17.4. The molecule has 154 valence electrons. The number of likely N-dealkylation sites (tertiary alicyclic amines) is 2. The molecule has 3 amide bonds. The molecule has 3 rings (SSSR count). The van der Waals surface area contributed by atoms with E-state index in [9.17, 15) is 14.7 Å². The van der Waals surface area contributed by atoms with E-state index in [2.05, 4.69) is 18.7 Å². The predicted octanol–water partition coefficient (Wildman–Crippen LogP) is 2.62. The van der Waals surface area contributed by atoms with Crippen LogP contribution < -0.4 is 0 Å². The highest BCUT2D eigenvalue weighted by Crippen LogP contribution is 2.56. The van der Waals surface area contributed by atoms with Gasteiger partial charge in [0.2, 0.25) is 0 Å². The van der Waals surface area contributed by atoms with Crippen molar-refractivity contribution in [1.82, 2.24) is 19.6 Å². The summed E-state index contributed by atoms with van der Waals surface area (Å²) in [6, 6.07) is 1.04. The Morgan fingerprint density at radius 2 is 1.81 bits per heavy atom. The minimum atomic E-state index is -0.767. The monoisotopic (exact) mass is 380 g/mol. The van der Waals surface area contributed by atoms with Crippen LogP contribution in [0.15, 0.2) is 0 Å². The summed E-state index contributed by atoms with van der Waals surface area (Å²) in [6.07, 6.45) is 4.58. The summed E-state index contributed by atoms with van der Waals surface area (Å²) in [6.45, 7) is 8.57. The molecular formula is C20H36N4O3. The van der Waals surface area contributed by atoms with E-state index in [1.165, 1.54) is 0 Å². The SMILES string of the molecule is CCC1C(N2CCC(N(CC)C(=O)N(C)C)CC2)CC12CCN(C(=O)O)C2. The zero-order chi connectivity index (χ0) is 19.8. The van der Waals surface area contributed by atoms with Gasteiger partial charge in [-0.15, -0.1) is 0 Å². The number of carbonyl (C=O) groups is 2. The Morgan fingerprint density at radius 3 is 2.30 bits per heavy atom. The minimum absolute atomic E-state index is 0.115. The standard InChI is InChI=1S/C20H36N4O3/c1-5-16-17(13-20(16)9-12-23(14-20)19(26)27)22-10-7-15(8-11-22)24(6-2)18(25)21(3)4/h15-17H,5-14H2,1-4H3,(H,26,27). The highest BCUT2D eigenvalue weighted by molar-refractivity contribution is 5.74.